The second-order valence-electron chi connectivity index (χ2n) is 5.35. The molecule has 0 aliphatic carbocycles. The molecule has 3 heterocycles. The van der Waals surface area contributed by atoms with E-state index >= 15 is 0 Å². The van der Waals surface area contributed by atoms with Crippen LogP contribution in [-0.2, 0) is 11.3 Å². The summed E-state index contributed by atoms with van der Waals surface area (Å²) in [4.78, 5) is 18.6. The maximum Gasteiger partial charge on any atom is 0.252 e. The first kappa shape index (κ1) is 15.0. The van der Waals surface area contributed by atoms with Gasteiger partial charge in [-0.3, -0.25) is 4.79 Å². The van der Waals surface area contributed by atoms with Crippen molar-refractivity contribution in [3.05, 3.63) is 46.3 Å². The molecule has 0 unspecified atom stereocenters. The third-order valence-corrected chi connectivity index (χ3v) is 4.29. The number of ether oxygens (including phenoxy) is 1. The standard InChI is InChI=1S/C16H19N3O2S/c1-12-10-19(5-6-21-12)15-3-2-13(8-17-15)9-18-16(20)14-4-7-22-11-14/h2-4,7-8,11-12H,5-6,9-10H2,1H3,(H,18,20)/t12-/m0/s1. The summed E-state index contributed by atoms with van der Waals surface area (Å²) in [5.41, 5.74) is 1.70. The number of carbonyl (C=O) groups excluding carboxylic acids is 1. The summed E-state index contributed by atoms with van der Waals surface area (Å²) < 4.78 is 5.54. The summed E-state index contributed by atoms with van der Waals surface area (Å²) in [6.07, 6.45) is 2.06. The molecule has 0 saturated carbocycles. The van der Waals surface area contributed by atoms with Gasteiger partial charge in [-0.2, -0.15) is 11.3 Å². The number of pyridine rings is 1. The number of rotatable bonds is 4. The Balaban J connectivity index is 1.56. The van der Waals surface area contributed by atoms with E-state index in [0.29, 0.717) is 12.1 Å². The van der Waals surface area contributed by atoms with E-state index in [0.717, 1.165) is 31.1 Å². The van der Waals surface area contributed by atoms with Crippen LogP contribution in [0.2, 0.25) is 0 Å². The predicted molar refractivity (Wildman–Crippen MR) is 87.4 cm³/mol. The second-order valence-corrected chi connectivity index (χ2v) is 6.13. The van der Waals surface area contributed by atoms with Crippen LogP contribution < -0.4 is 10.2 Å². The number of aromatic nitrogens is 1. The van der Waals surface area contributed by atoms with Gasteiger partial charge in [-0.1, -0.05) is 6.07 Å². The molecule has 2 aromatic rings. The lowest BCUT2D eigenvalue weighted by molar-refractivity contribution is 0.0529. The molecule has 1 atom stereocenters. The van der Waals surface area contributed by atoms with Crippen molar-refractivity contribution in [2.24, 2.45) is 0 Å². The highest BCUT2D eigenvalue weighted by Gasteiger charge is 2.17. The highest BCUT2D eigenvalue weighted by molar-refractivity contribution is 7.08. The van der Waals surface area contributed by atoms with Gasteiger partial charge < -0.3 is 15.0 Å². The van der Waals surface area contributed by atoms with Gasteiger partial charge in [0, 0.05) is 36.8 Å². The minimum atomic E-state index is -0.0488. The smallest absolute Gasteiger partial charge is 0.252 e. The zero-order valence-electron chi connectivity index (χ0n) is 12.5. The number of nitrogens with one attached hydrogen (secondary N) is 1. The van der Waals surface area contributed by atoms with E-state index in [1.54, 1.807) is 0 Å². The first-order chi connectivity index (χ1) is 10.7. The van der Waals surface area contributed by atoms with Crippen molar-refractivity contribution in [1.29, 1.82) is 0 Å². The second kappa shape index (κ2) is 6.89. The Labute approximate surface area is 133 Å². The third-order valence-electron chi connectivity index (χ3n) is 3.61. The molecule has 1 amide bonds. The lowest BCUT2D eigenvalue weighted by atomic mass is 10.2. The van der Waals surface area contributed by atoms with Crippen molar-refractivity contribution < 1.29 is 9.53 Å². The van der Waals surface area contributed by atoms with Crippen LogP contribution in [0.4, 0.5) is 5.82 Å². The largest absolute Gasteiger partial charge is 0.375 e. The van der Waals surface area contributed by atoms with Crippen LogP contribution >= 0.6 is 11.3 Å². The maximum absolute atomic E-state index is 11.9. The number of hydrogen-bond donors (Lipinski definition) is 1. The minimum Gasteiger partial charge on any atom is -0.375 e. The summed E-state index contributed by atoms with van der Waals surface area (Å²) >= 11 is 1.52. The van der Waals surface area contributed by atoms with Crippen LogP contribution in [0.15, 0.2) is 35.2 Å². The Morgan fingerprint density at radius 3 is 3.09 bits per heavy atom. The quantitative estimate of drug-likeness (QED) is 0.940. The maximum atomic E-state index is 11.9. The third kappa shape index (κ3) is 3.64. The normalized spacial score (nSPS) is 18.2. The molecule has 3 rings (SSSR count). The average molecular weight is 317 g/mol. The van der Waals surface area contributed by atoms with E-state index in [1.807, 2.05) is 35.2 Å². The van der Waals surface area contributed by atoms with E-state index in [2.05, 4.69) is 22.1 Å². The van der Waals surface area contributed by atoms with Gasteiger partial charge in [0.15, 0.2) is 0 Å². The van der Waals surface area contributed by atoms with Crippen molar-refractivity contribution in [2.75, 3.05) is 24.6 Å². The zero-order chi connectivity index (χ0) is 15.4. The number of amides is 1. The molecule has 2 aromatic heterocycles. The van der Waals surface area contributed by atoms with Crippen LogP contribution in [-0.4, -0.2) is 36.7 Å². The van der Waals surface area contributed by atoms with Crippen molar-refractivity contribution in [1.82, 2.24) is 10.3 Å². The van der Waals surface area contributed by atoms with E-state index in [4.69, 9.17) is 4.74 Å². The highest BCUT2D eigenvalue weighted by Crippen LogP contribution is 2.15. The molecular formula is C16H19N3O2S. The molecule has 6 heteroatoms. The fourth-order valence-electron chi connectivity index (χ4n) is 2.41. The van der Waals surface area contributed by atoms with E-state index in [-0.39, 0.29) is 12.0 Å². The van der Waals surface area contributed by atoms with Crippen molar-refractivity contribution in [3.8, 4) is 0 Å². The number of anilines is 1. The molecule has 1 aliphatic rings. The Kier molecular flexibility index (Phi) is 4.70. The van der Waals surface area contributed by atoms with E-state index in [1.165, 1.54) is 11.3 Å². The molecule has 0 aromatic carbocycles. The summed E-state index contributed by atoms with van der Waals surface area (Å²) in [6, 6.07) is 5.83. The van der Waals surface area contributed by atoms with Gasteiger partial charge in [-0.25, -0.2) is 4.98 Å². The highest BCUT2D eigenvalue weighted by atomic mass is 32.1. The van der Waals surface area contributed by atoms with E-state index in [9.17, 15) is 4.79 Å². The lowest BCUT2D eigenvalue weighted by Crippen LogP contribution is -2.41. The minimum absolute atomic E-state index is 0.0488. The molecule has 1 aliphatic heterocycles. The molecule has 0 spiro atoms. The van der Waals surface area contributed by atoms with Crippen molar-refractivity contribution in [3.63, 3.8) is 0 Å². The summed E-state index contributed by atoms with van der Waals surface area (Å²) in [5.74, 6) is 0.912. The fourth-order valence-corrected chi connectivity index (χ4v) is 3.05. The first-order valence-corrected chi connectivity index (χ1v) is 8.28. The fraction of sp³-hybridized carbons (Fsp3) is 0.375. The Morgan fingerprint density at radius 2 is 2.41 bits per heavy atom. The number of thiophene rings is 1. The molecule has 116 valence electrons. The number of carbonyl (C=O) groups is 1. The van der Waals surface area contributed by atoms with Gasteiger partial charge in [-0.05, 0) is 30.0 Å². The SMILES string of the molecule is C[C@H]1CN(c2ccc(CNC(=O)c3ccsc3)cn2)CCO1. The Morgan fingerprint density at radius 1 is 1.50 bits per heavy atom. The summed E-state index contributed by atoms with van der Waals surface area (Å²) in [5, 5.41) is 6.64. The first-order valence-electron chi connectivity index (χ1n) is 7.34. The van der Waals surface area contributed by atoms with Gasteiger partial charge in [0.2, 0.25) is 0 Å². The molecule has 1 saturated heterocycles. The number of hydrogen-bond acceptors (Lipinski definition) is 5. The molecule has 1 N–H and O–H groups in total. The number of morpholine rings is 1. The topological polar surface area (TPSA) is 54.5 Å². The molecule has 5 nitrogen and oxygen atoms in total. The van der Waals surface area contributed by atoms with Gasteiger partial charge >= 0.3 is 0 Å². The van der Waals surface area contributed by atoms with Crippen LogP contribution in [0.5, 0.6) is 0 Å². The summed E-state index contributed by atoms with van der Waals surface area (Å²) in [6.45, 7) is 5.02. The van der Waals surface area contributed by atoms with Gasteiger partial charge in [0.25, 0.3) is 5.91 Å². The van der Waals surface area contributed by atoms with E-state index < -0.39 is 0 Å². The van der Waals surface area contributed by atoms with Crippen molar-refractivity contribution >= 4 is 23.1 Å². The van der Waals surface area contributed by atoms with Crippen molar-refractivity contribution in [2.45, 2.75) is 19.6 Å². The number of nitrogens with zero attached hydrogens (tertiary/aromatic N) is 2. The molecule has 0 bridgehead atoms. The molecule has 22 heavy (non-hydrogen) atoms. The van der Waals surface area contributed by atoms with Crippen LogP contribution in [0.1, 0.15) is 22.8 Å². The molecular weight excluding hydrogens is 298 g/mol. The molecule has 1 fully saturated rings. The van der Waals surface area contributed by atoms with Crippen LogP contribution in [0.3, 0.4) is 0 Å². The van der Waals surface area contributed by atoms with Gasteiger partial charge in [-0.15, -0.1) is 0 Å². The zero-order valence-corrected chi connectivity index (χ0v) is 13.3. The Bertz CT molecular complexity index is 613. The van der Waals surface area contributed by atoms with Gasteiger partial charge in [0.1, 0.15) is 5.82 Å². The lowest BCUT2D eigenvalue weighted by Gasteiger charge is -2.32. The Hall–Kier alpha value is -1.92. The van der Waals surface area contributed by atoms with Gasteiger partial charge in [0.05, 0.1) is 12.7 Å². The summed E-state index contributed by atoms with van der Waals surface area (Å²) in [7, 11) is 0. The average Bonchev–Trinajstić information content (AvgIpc) is 3.08. The monoisotopic (exact) mass is 317 g/mol. The molecule has 0 radical (unpaired) electrons. The van der Waals surface area contributed by atoms with Crippen LogP contribution in [0.25, 0.3) is 0 Å². The predicted octanol–water partition coefficient (Wildman–Crippen LogP) is 2.30. The van der Waals surface area contributed by atoms with Crippen LogP contribution in [0, 0.1) is 0 Å².